The molecule has 76 valence electrons. The average Bonchev–Trinajstić information content (AvgIpc) is 2.17. The lowest BCUT2D eigenvalue weighted by Gasteiger charge is -2.19. The highest BCUT2D eigenvalue weighted by Gasteiger charge is 2.30. The Balaban J connectivity index is 3.12. The van der Waals surface area contributed by atoms with Gasteiger partial charge in [-0.1, -0.05) is 12.1 Å². The van der Waals surface area contributed by atoms with Crippen LogP contribution >= 0.6 is 11.8 Å². The average molecular weight is 211 g/mol. The summed E-state index contributed by atoms with van der Waals surface area (Å²) >= 11 is 1.56. The molecule has 0 bridgehead atoms. The predicted octanol–water partition coefficient (Wildman–Crippen LogP) is 1.67. The zero-order valence-corrected chi connectivity index (χ0v) is 8.97. The van der Waals surface area contributed by atoms with Crippen LogP contribution < -0.4 is 5.73 Å². The fraction of sp³-hybridized carbons (Fsp3) is 0.300. The van der Waals surface area contributed by atoms with Crippen LogP contribution in [0.2, 0.25) is 0 Å². The summed E-state index contributed by atoms with van der Waals surface area (Å²) in [6.07, 6.45) is 1.94. The second-order valence-electron chi connectivity index (χ2n) is 3.24. The molecule has 3 N–H and O–H groups in total. The highest BCUT2D eigenvalue weighted by molar-refractivity contribution is 7.98. The maximum atomic E-state index is 10.9. The molecule has 0 saturated carbocycles. The highest BCUT2D eigenvalue weighted by atomic mass is 32.2. The first-order valence-corrected chi connectivity index (χ1v) is 5.37. The van der Waals surface area contributed by atoms with Gasteiger partial charge in [0.15, 0.2) is 0 Å². The van der Waals surface area contributed by atoms with Crippen LogP contribution in [0.5, 0.6) is 0 Å². The van der Waals surface area contributed by atoms with Crippen LogP contribution in [0.25, 0.3) is 0 Å². The molecule has 0 radical (unpaired) electrons. The quantitative estimate of drug-likeness (QED) is 0.746. The Kier molecular flexibility index (Phi) is 3.18. The number of benzene rings is 1. The zero-order chi connectivity index (χ0) is 10.8. The topological polar surface area (TPSA) is 63.3 Å². The first kappa shape index (κ1) is 11.1. The van der Waals surface area contributed by atoms with E-state index in [1.165, 1.54) is 6.92 Å². The summed E-state index contributed by atoms with van der Waals surface area (Å²) < 4.78 is 0. The molecule has 0 aliphatic rings. The van der Waals surface area contributed by atoms with Gasteiger partial charge in [-0.2, -0.15) is 0 Å². The molecule has 0 aromatic heterocycles. The smallest absolute Gasteiger partial charge is 0.328 e. The lowest BCUT2D eigenvalue weighted by molar-refractivity contribution is -0.143. The van der Waals surface area contributed by atoms with Gasteiger partial charge in [0.25, 0.3) is 0 Å². The summed E-state index contributed by atoms with van der Waals surface area (Å²) in [6.45, 7) is 1.49. The van der Waals surface area contributed by atoms with Crippen molar-refractivity contribution in [2.24, 2.45) is 5.73 Å². The zero-order valence-electron chi connectivity index (χ0n) is 8.15. The Hall–Kier alpha value is -1.00. The molecule has 0 fully saturated rings. The van der Waals surface area contributed by atoms with Gasteiger partial charge in [0, 0.05) is 4.90 Å². The standard InChI is InChI=1S/C10H13NO2S/c1-10(11,9(12)13)7-4-3-5-8(6-7)14-2/h3-6H,11H2,1-2H3,(H,12,13)/t10-/m1/s1. The van der Waals surface area contributed by atoms with E-state index in [0.717, 1.165) is 4.90 Å². The molecule has 0 amide bonds. The molecule has 1 rings (SSSR count). The molecule has 0 spiro atoms. The Morgan fingerprint density at radius 3 is 2.71 bits per heavy atom. The minimum atomic E-state index is -1.31. The first-order chi connectivity index (χ1) is 6.48. The van der Waals surface area contributed by atoms with Crippen LogP contribution in [0.15, 0.2) is 29.2 Å². The summed E-state index contributed by atoms with van der Waals surface area (Å²) in [6, 6.07) is 7.27. The number of hydrogen-bond acceptors (Lipinski definition) is 3. The van der Waals surface area contributed by atoms with Crippen LogP contribution in [0.4, 0.5) is 0 Å². The predicted molar refractivity (Wildman–Crippen MR) is 57.4 cm³/mol. The Morgan fingerprint density at radius 1 is 1.57 bits per heavy atom. The van der Waals surface area contributed by atoms with Crippen molar-refractivity contribution in [3.8, 4) is 0 Å². The molecule has 1 atom stereocenters. The minimum absolute atomic E-state index is 0.622. The third-order valence-corrected chi connectivity index (χ3v) is 2.84. The number of thioether (sulfide) groups is 1. The van der Waals surface area contributed by atoms with Gasteiger partial charge in [-0.3, -0.25) is 0 Å². The minimum Gasteiger partial charge on any atom is -0.480 e. The van der Waals surface area contributed by atoms with E-state index in [1.54, 1.807) is 23.9 Å². The van der Waals surface area contributed by atoms with Gasteiger partial charge in [-0.25, -0.2) is 4.79 Å². The van der Waals surface area contributed by atoms with E-state index in [2.05, 4.69) is 0 Å². The van der Waals surface area contributed by atoms with Gasteiger partial charge in [0.2, 0.25) is 0 Å². The summed E-state index contributed by atoms with van der Waals surface area (Å²) in [5.41, 5.74) is 5.00. The Labute approximate surface area is 87.3 Å². The lowest BCUT2D eigenvalue weighted by Crippen LogP contribution is -2.41. The molecule has 0 unspecified atom stereocenters. The molecule has 1 aromatic carbocycles. The molecule has 0 aliphatic heterocycles. The number of carboxylic acids is 1. The summed E-state index contributed by atoms with van der Waals surface area (Å²) in [5.74, 6) is -1.02. The fourth-order valence-corrected chi connectivity index (χ4v) is 1.53. The van der Waals surface area contributed by atoms with Gasteiger partial charge in [0.1, 0.15) is 5.54 Å². The number of nitrogens with two attached hydrogens (primary N) is 1. The third kappa shape index (κ3) is 2.08. The highest BCUT2D eigenvalue weighted by Crippen LogP contribution is 2.23. The van der Waals surface area contributed by atoms with E-state index >= 15 is 0 Å². The van der Waals surface area contributed by atoms with Crippen molar-refractivity contribution in [2.45, 2.75) is 17.4 Å². The molecule has 14 heavy (non-hydrogen) atoms. The normalized spacial score (nSPS) is 14.8. The van der Waals surface area contributed by atoms with Crippen molar-refractivity contribution in [3.05, 3.63) is 29.8 Å². The van der Waals surface area contributed by atoms with Crippen molar-refractivity contribution in [1.82, 2.24) is 0 Å². The molecule has 0 saturated heterocycles. The molecule has 3 nitrogen and oxygen atoms in total. The molecule has 1 aromatic rings. The third-order valence-electron chi connectivity index (χ3n) is 2.11. The van der Waals surface area contributed by atoms with Crippen LogP contribution in [0.1, 0.15) is 12.5 Å². The number of rotatable bonds is 3. The van der Waals surface area contributed by atoms with Crippen LogP contribution in [-0.4, -0.2) is 17.3 Å². The Bertz CT molecular complexity index is 350. The lowest BCUT2D eigenvalue weighted by atomic mass is 9.94. The fourth-order valence-electron chi connectivity index (χ4n) is 1.07. The van der Waals surface area contributed by atoms with Gasteiger partial charge >= 0.3 is 5.97 Å². The van der Waals surface area contributed by atoms with E-state index in [1.807, 2.05) is 18.4 Å². The van der Waals surface area contributed by atoms with Crippen LogP contribution in [0.3, 0.4) is 0 Å². The summed E-state index contributed by atoms with van der Waals surface area (Å²) in [4.78, 5) is 11.9. The molecule has 0 heterocycles. The second-order valence-corrected chi connectivity index (χ2v) is 4.12. The SMILES string of the molecule is CSc1cccc([C@@](C)(N)C(=O)O)c1. The first-order valence-electron chi connectivity index (χ1n) is 4.15. The maximum Gasteiger partial charge on any atom is 0.328 e. The number of carbonyl (C=O) groups is 1. The van der Waals surface area contributed by atoms with Gasteiger partial charge in [-0.15, -0.1) is 11.8 Å². The summed E-state index contributed by atoms with van der Waals surface area (Å²) in [7, 11) is 0. The molecule has 0 aliphatic carbocycles. The monoisotopic (exact) mass is 211 g/mol. The van der Waals surface area contributed by atoms with E-state index < -0.39 is 11.5 Å². The van der Waals surface area contributed by atoms with Crippen LogP contribution in [-0.2, 0) is 10.3 Å². The maximum absolute atomic E-state index is 10.9. The van der Waals surface area contributed by atoms with Crippen molar-refractivity contribution in [3.63, 3.8) is 0 Å². The van der Waals surface area contributed by atoms with Crippen molar-refractivity contribution in [1.29, 1.82) is 0 Å². The van der Waals surface area contributed by atoms with Crippen molar-refractivity contribution >= 4 is 17.7 Å². The number of carboxylic acid groups (broad SMARTS) is 1. The number of hydrogen-bond donors (Lipinski definition) is 2. The molecule has 4 heteroatoms. The summed E-state index contributed by atoms with van der Waals surface area (Å²) in [5, 5.41) is 8.93. The van der Waals surface area contributed by atoms with Gasteiger partial charge < -0.3 is 10.8 Å². The van der Waals surface area contributed by atoms with Crippen molar-refractivity contribution in [2.75, 3.05) is 6.26 Å². The number of aliphatic carboxylic acids is 1. The van der Waals surface area contributed by atoms with E-state index in [4.69, 9.17) is 10.8 Å². The molecular weight excluding hydrogens is 198 g/mol. The van der Waals surface area contributed by atoms with Gasteiger partial charge in [0.05, 0.1) is 0 Å². The van der Waals surface area contributed by atoms with Crippen molar-refractivity contribution < 1.29 is 9.90 Å². The largest absolute Gasteiger partial charge is 0.480 e. The van der Waals surface area contributed by atoms with E-state index in [-0.39, 0.29) is 0 Å². The molecular formula is C10H13NO2S. The van der Waals surface area contributed by atoms with E-state index in [0.29, 0.717) is 5.56 Å². The van der Waals surface area contributed by atoms with Gasteiger partial charge in [-0.05, 0) is 30.9 Å². The van der Waals surface area contributed by atoms with E-state index in [9.17, 15) is 4.79 Å². The van der Waals surface area contributed by atoms with Crippen LogP contribution in [0, 0.1) is 0 Å². The second kappa shape index (κ2) is 4.02. The Morgan fingerprint density at radius 2 is 2.21 bits per heavy atom.